The molecule has 0 aliphatic carbocycles. The van der Waals surface area contributed by atoms with E-state index in [4.69, 9.17) is 6.57 Å². The lowest BCUT2D eigenvalue weighted by atomic mass is 10.2. The number of rotatable bonds is 3. The van der Waals surface area contributed by atoms with Crippen LogP contribution in [0.4, 0.5) is 5.69 Å². The van der Waals surface area contributed by atoms with E-state index < -0.39 is 4.92 Å². The van der Waals surface area contributed by atoms with Gasteiger partial charge in [0.2, 0.25) is 5.70 Å². The quantitative estimate of drug-likeness (QED) is 0.421. The van der Waals surface area contributed by atoms with Crippen molar-refractivity contribution >= 4 is 28.6 Å². The van der Waals surface area contributed by atoms with Gasteiger partial charge in [-0.1, -0.05) is 35.5 Å². The Labute approximate surface area is 125 Å². The number of hydrogen-bond donors (Lipinski definition) is 0. The minimum Gasteiger partial charge on any atom is -0.258 e. The fraction of sp³-hybridized carbons (Fsp3) is 0. The fourth-order valence-electron chi connectivity index (χ4n) is 2.03. The van der Waals surface area contributed by atoms with Crippen LogP contribution in [-0.2, 0) is 0 Å². The van der Waals surface area contributed by atoms with Crippen LogP contribution < -0.4 is 0 Å². The van der Waals surface area contributed by atoms with Gasteiger partial charge in [-0.05, 0) is 11.6 Å². The molecule has 2 aromatic carbocycles. The lowest BCUT2D eigenvalue weighted by Gasteiger charge is -1.99. The van der Waals surface area contributed by atoms with Crippen molar-refractivity contribution in [3.63, 3.8) is 0 Å². The molecule has 0 radical (unpaired) electrons. The van der Waals surface area contributed by atoms with E-state index in [1.165, 1.54) is 29.1 Å². The molecule has 0 spiro atoms. The molecule has 0 fully saturated rings. The Bertz CT molecular complexity index is 922. The monoisotopic (exact) mass is 291 g/mol. The van der Waals surface area contributed by atoms with Crippen molar-refractivity contribution in [3.05, 3.63) is 75.6 Å². The maximum absolute atomic E-state index is 10.9. The zero-order valence-electron chi connectivity index (χ0n) is 11.2. The van der Waals surface area contributed by atoms with Crippen LogP contribution in [0.3, 0.4) is 0 Å². The molecule has 7 nitrogen and oxygen atoms in total. The highest BCUT2D eigenvalue weighted by molar-refractivity contribution is 5.85. The van der Waals surface area contributed by atoms with Gasteiger partial charge in [0.05, 0.1) is 17.0 Å². The molecule has 0 N–H and O–H groups in total. The van der Waals surface area contributed by atoms with Gasteiger partial charge in [-0.25, -0.2) is 9.53 Å². The largest absolute Gasteiger partial charge is 0.271 e. The van der Waals surface area contributed by atoms with Crippen molar-refractivity contribution in [1.82, 2.24) is 15.0 Å². The van der Waals surface area contributed by atoms with Gasteiger partial charge in [0.15, 0.2) is 0 Å². The normalized spacial score (nSPS) is 11.3. The number of nitrogens with zero attached hydrogens (tertiary/aromatic N) is 5. The molecule has 0 aliphatic rings. The summed E-state index contributed by atoms with van der Waals surface area (Å²) in [5, 5.41) is 18.7. The lowest BCUT2D eigenvalue weighted by molar-refractivity contribution is -0.384. The first-order valence-corrected chi connectivity index (χ1v) is 6.33. The molecule has 1 heterocycles. The lowest BCUT2D eigenvalue weighted by Crippen LogP contribution is -1.93. The number of fused-ring (bicyclic) bond motifs is 1. The van der Waals surface area contributed by atoms with Crippen LogP contribution in [0.25, 0.3) is 27.8 Å². The van der Waals surface area contributed by atoms with Gasteiger partial charge in [-0.15, -0.1) is 5.10 Å². The number of nitro groups is 1. The van der Waals surface area contributed by atoms with Gasteiger partial charge in [-0.2, -0.15) is 0 Å². The van der Waals surface area contributed by atoms with Crippen molar-refractivity contribution < 1.29 is 4.92 Å². The number of hydrogen-bond acceptors (Lipinski definition) is 4. The van der Waals surface area contributed by atoms with Crippen molar-refractivity contribution in [2.24, 2.45) is 0 Å². The summed E-state index contributed by atoms with van der Waals surface area (Å²) in [4.78, 5) is 13.9. The molecule has 106 valence electrons. The fourth-order valence-corrected chi connectivity index (χ4v) is 2.03. The van der Waals surface area contributed by atoms with Gasteiger partial charge in [-0.3, -0.25) is 10.1 Å². The molecular formula is C15H9N5O2. The van der Waals surface area contributed by atoms with Gasteiger partial charge in [0.25, 0.3) is 5.69 Å². The van der Waals surface area contributed by atoms with E-state index in [-0.39, 0.29) is 5.69 Å². The third-order valence-electron chi connectivity index (χ3n) is 3.10. The van der Waals surface area contributed by atoms with Crippen molar-refractivity contribution in [2.45, 2.75) is 0 Å². The van der Waals surface area contributed by atoms with Crippen LogP contribution in [0.5, 0.6) is 0 Å². The van der Waals surface area contributed by atoms with E-state index in [1.54, 1.807) is 0 Å². The molecule has 0 unspecified atom stereocenters. The second kappa shape index (κ2) is 5.46. The second-order valence-electron chi connectivity index (χ2n) is 4.46. The minimum atomic E-state index is -0.479. The van der Waals surface area contributed by atoms with Crippen LogP contribution in [0.15, 0.2) is 48.5 Å². The molecule has 0 amide bonds. The smallest absolute Gasteiger partial charge is 0.258 e. The SMILES string of the molecule is [C-]#[N+]/C(=C/n1nnc2ccc([N+](=O)[O-])cc21)c1ccccc1. The van der Waals surface area contributed by atoms with E-state index in [9.17, 15) is 10.1 Å². The summed E-state index contributed by atoms with van der Waals surface area (Å²) in [6, 6.07) is 13.4. The first kappa shape index (κ1) is 13.5. The Morgan fingerprint density at radius 3 is 2.73 bits per heavy atom. The highest BCUT2D eigenvalue weighted by Gasteiger charge is 2.11. The predicted molar refractivity (Wildman–Crippen MR) is 81.4 cm³/mol. The van der Waals surface area contributed by atoms with Gasteiger partial charge >= 0.3 is 0 Å². The maximum atomic E-state index is 10.9. The van der Waals surface area contributed by atoms with E-state index in [0.29, 0.717) is 16.7 Å². The average Bonchev–Trinajstić information content (AvgIpc) is 2.95. The van der Waals surface area contributed by atoms with Crippen LogP contribution in [0, 0.1) is 16.7 Å². The summed E-state index contributed by atoms with van der Waals surface area (Å²) < 4.78 is 1.38. The molecule has 1 aromatic heterocycles. The van der Waals surface area contributed by atoms with Crippen LogP contribution in [0.2, 0.25) is 0 Å². The first-order chi connectivity index (χ1) is 10.7. The molecule has 3 rings (SSSR count). The summed E-state index contributed by atoms with van der Waals surface area (Å²) in [5.74, 6) is 0. The molecule has 3 aromatic rings. The summed E-state index contributed by atoms with van der Waals surface area (Å²) in [6.07, 6.45) is 1.52. The Balaban J connectivity index is 2.13. The zero-order chi connectivity index (χ0) is 15.5. The van der Waals surface area contributed by atoms with E-state index in [1.807, 2.05) is 30.3 Å². The standard InChI is InChI=1S/C15H9N5O2/c1-16-14(11-5-3-2-4-6-11)10-19-15-9-12(20(21)22)7-8-13(15)17-18-19/h2-10H/b14-10+. The Morgan fingerprint density at radius 1 is 1.27 bits per heavy atom. The zero-order valence-corrected chi connectivity index (χ0v) is 11.2. The summed E-state index contributed by atoms with van der Waals surface area (Å²) in [5.41, 5.74) is 2.07. The van der Waals surface area contributed by atoms with Gasteiger partial charge in [0.1, 0.15) is 5.52 Å². The third-order valence-corrected chi connectivity index (χ3v) is 3.10. The summed E-state index contributed by atoms with van der Waals surface area (Å²) >= 11 is 0. The number of non-ortho nitro benzene ring substituents is 1. The number of aromatic nitrogens is 3. The van der Waals surface area contributed by atoms with E-state index >= 15 is 0 Å². The van der Waals surface area contributed by atoms with Crippen LogP contribution in [-0.4, -0.2) is 19.9 Å². The summed E-state index contributed by atoms with van der Waals surface area (Å²) in [6.45, 7) is 7.31. The second-order valence-corrected chi connectivity index (χ2v) is 4.46. The van der Waals surface area contributed by atoms with Crippen LogP contribution in [0.1, 0.15) is 5.56 Å². The predicted octanol–water partition coefficient (Wildman–Crippen LogP) is 3.21. The third kappa shape index (κ3) is 2.41. The Kier molecular flexibility index (Phi) is 3.34. The molecule has 0 aliphatic heterocycles. The molecular weight excluding hydrogens is 282 g/mol. The highest BCUT2D eigenvalue weighted by Crippen LogP contribution is 2.22. The Morgan fingerprint density at radius 2 is 2.05 bits per heavy atom. The molecule has 0 bridgehead atoms. The van der Waals surface area contributed by atoms with Gasteiger partial charge in [0, 0.05) is 18.3 Å². The minimum absolute atomic E-state index is 0.0477. The van der Waals surface area contributed by atoms with Crippen molar-refractivity contribution in [3.8, 4) is 0 Å². The molecule has 7 heteroatoms. The van der Waals surface area contributed by atoms with E-state index in [0.717, 1.165) is 5.56 Å². The van der Waals surface area contributed by atoms with E-state index in [2.05, 4.69) is 15.2 Å². The molecule has 0 saturated carbocycles. The summed E-state index contributed by atoms with van der Waals surface area (Å²) in [7, 11) is 0. The average molecular weight is 291 g/mol. The maximum Gasteiger partial charge on any atom is 0.271 e. The molecule has 0 saturated heterocycles. The van der Waals surface area contributed by atoms with Crippen molar-refractivity contribution in [1.29, 1.82) is 0 Å². The number of benzene rings is 2. The first-order valence-electron chi connectivity index (χ1n) is 6.33. The molecule has 22 heavy (non-hydrogen) atoms. The number of nitro benzene ring substituents is 1. The highest BCUT2D eigenvalue weighted by atomic mass is 16.6. The topological polar surface area (TPSA) is 78.2 Å². The van der Waals surface area contributed by atoms with Gasteiger partial charge < -0.3 is 0 Å². The van der Waals surface area contributed by atoms with Crippen molar-refractivity contribution in [2.75, 3.05) is 0 Å². The van der Waals surface area contributed by atoms with Crippen LogP contribution >= 0.6 is 0 Å². The Hall–Kier alpha value is -3.53. The molecule has 0 atom stereocenters.